The fraction of sp³-hybridized carbons (Fsp3) is 0.938. The number of halogens is 4. The number of hydrogen-bond acceptors (Lipinski definition) is 2. The van der Waals surface area contributed by atoms with Gasteiger partial charge in [-0.1, -0.05) is 12.8 Å². The molecule has 0 bridgehead atoms. The van der Waals surface area contributed by atoms with Crippen molar-refractivity contribution in [3.63, 3.8) is 0 Å². The van der Waals surface area contributed by atoms with Crippen LogP contribution >= 0.6 is 24.0 Å². The Balaban J connectivity index is 0.00000288. The highest BCUT2D eigenvalue weighted by molar-refractivity contribution is 14.0. The molecule has 142 valence electrons. The Morgan fingerprint density at radius 3 is 2.54 bits per heavy atom. The molecule has 1 aliphatic heterocycles. The lowest BCUT2D eigenvalue weighted by molar-refractivity contribution is -0.195. The summed E-state index contributed by atoms with van der Waals surface area (Å²) >= 11 is 0. The predicted molar refractivity (Wildman–Crippen MR) is 99.8 cm³/mol. The molecular formula is C16H29F3IN3O. The first-order chi connectivity index (χ1) is 10.9. The normalized spacial score (nSPS) is 28.4. The van der Waals surface area contributed by atoms with Crippen LogP contribution in [0.15, 0.2) is 4.99 Å². The van der Waals surface area contributed by atoms with Gasteiger partial charge in [0.25, 0.3) is 0 Å². The van der Waals surface area contributed by atoms with E-state index in [1.807, 2.05) is 11.9 Å². The third-order valence-electron chi connectivity index (χ3n) is 4.98. The fourth-order valence-electron chi connectivity index (χ4n) is 3.69. The van der Waals surface area contributed by atoms with E-state index in [0.717, 1.165) is 32.6 Å². The third-order valence-corrected chi connectivity index (χ3v) is 4.98. The lowest BCUT2D eigenvalue weighted by atomic mass is 9.79. The largest absolute Gasteiger partial charge is 0.392 e. The van der Waals surface area contributed by atoms with Gasteiger partial charge >= 0.3 is 6.18 Å². The van der Waals surface area contributed by atoms with Gasteiger partial charge in [-0.3, -0.25) is 4.99 Å². The highest BCUT2D eigenvalue weighted by atomic mass is 127. The van der Waals surface area contributed by atoms with E-state index in [0.29, 0.717) is 31.3 Å². The first-order valence-corrected chi connectivity index (χ1v) is 8.48. The van der Waals surface area contributed by atoms with Crippen molar-refractivity contribution in [2.24, 2.45) is 22.7 Å². The molecule has 0 aromatic carbocycles. The number of nitrogens with one attached hydrogen (secondary N) is 1. The smallest absolute Gasteiger partial charge is 0.381 e. The molecule has 0 radical (unpaired) electrons. The van der Waals surface area contributed by atoms with Crippen molar-refractivity contribution in [2.75, 3.05) is 40.4 Å². The van der Waals surface area contributed by atoms with E-state index in [1.54, 1.807) is 7.05 Å². The quantitative estimate of drug-likeness (QED) is 0.394. The molecule has 3 unspecified atom stereocenters. The van der Waals surface area contributed by atoms with Gasteiger partial charge in [0.2, 0.25) is 0 Å². The van der Waals surface area contributed by atoms with Crippen LogP contribution in [-0.2, 0) is 4.74 Å². The zero-order valence-electron chi connectivity index (χ0n) is 14.4. The molecule has 2 rings (SSSR count). The minimum atomic E-state index is -4.09. The molecule has 0 aromatic rings. The Morgan fingerprint density at radius 2 is 1.96 bits per heavy atom. The van der Waals surface area contributed by atoms with Gasteiger partial charge in [0, 0.05) is 39.7 Å². The Morgan fingerprint density at radius 1 is 1.25 bits per heavy atom. The van der Waals surface area contributed by atoms with Crippen LogP contribution in [0.4, 0.5) is 13.2 Å². The van der Waals surface area contributed by atoms with E-state index in [-0.39, 0.29) is 36.3 Å². The van der Waals surface area contributed by atoms with Gasteiger partial charge in [-0.15, -0.1) is 24.0 Å². The zero-order chi connectivity index (χ0) is 16.9. The van der Waals surface area contributed by atoms with Crippen molar-refractivity contribution in [3.8, 4) is 0 Å². The lowest BCUT2D eigenvalue weighted by Gasteiger charge is -2.34. The Bertz CT molecular complexity index is 401. The first kappa shape index (κ1) is 21.8. The van der Waals surface area contributed by atoms with Crippen molar-refractivity contribution in [3.05, 3.63) is 0 Å². The average molecular weight is 463 g/mol. The van der Waals surface area contributed by atoms with E-state index < -0.39 is 12.1 Å². The highest BCUT2D eigenvalue weighted by Gasteiger charge is 2.45. The van der Waals surface area contributed by atoms with E-state index >= 15 is 0 Å². The van der Waals surface area contributed by atoms with Crippen molar-refractivity contribution >= 4 is 29.9 Å². The monoisotopic (exact) mass is 463 g/mol. The van der Waals surface area contributed by atoms with Gasteiger partial charge in [0.1, 0.15) is 0 Å². The molecule has 0 aromatic heterocycles. The van der Waals surface area contributed by atoms with Crippen LogP contribution in [0.5, 0.6) is 0 Å². The second kappa shape index (κ2) is 10.0. The number of guanidine groups is 1. The zero-order valence-corrected chi connectivity index (χ0v) is 16.8. The molecular weight excluding hydrogens is 434 g/mol. The van der Waals surface area contributed by atoms with Crippen molar-refractivity contribution in [1.29, 1.82) is 0 Å². The molecule has 0 amide bonds. The van der Waals surface area contributed by atoms with Gasteiger partial charge in [0.05, 0.1) is 12.5 Å². The molecule has 2 fully saturated rings. The summed E-state index contributed by atoms with van der Waals surface area (Å²) in [6, 6.07) is 0. The van der Waals surface area contributed by atoms with Gasteiger partial charge in [-0.05, 0) is 25.2 Å². The van der Waals surface area contributed by atoms with E-state index in [9.17, 15) is 13.2 Å². The molecule has 4 nitrogen and oxygen atoms in total. The van der Waals surface area contributed by atoms with Crippen LogP contribution in [0.1, 0.15) is 32.1 Å². The van der Waals surface area contributed by atoms with Gasteiger partial charge in [0.15, 0.2) is 5.96 Å². The molecule has 1 saturated carbocycles. The maximum Gasteiger partial charge on any atom is 0.392 e. The van der Waals surface area contributed by atoms with E-state index in [4.69, 9.17) is 4.74 Å². The second-order valence-corrected chi connectivity index (χ2v) is 6.73. The van der Waals surface area contributed by atoms with Crippen LogP contribution in [0, 0.1) is 17.8 Å². The Hall–Kier alpha value is -0.250. The van der Waals surface area contributed by atoms with Crippen molar-refractivity contribution in [2.45, 2.75) is 38.3 Å². The highest BCUT2D eigenvalue weighted by Crippen LogP contribution is 2.41. The maximum atomic E-state index is 13.1. The van der Waals surface area contributed by atoms with Gasteiger partial charge in [-0.25, -0.2) is 0 Å². The fourth-order valence-corrected chi connectivity index (χ4v) is 3.69. The molecule has 3 atom stereocenters. The van der Waals surface area contributed by atoms with Crippen LogP contribution in [0.25, 0.3) is 0 Å². The van der Waals surface area contributed by atoms with Crippen molar-refractivity contribution in [1.82, 2.24) is 10.2 Å². The molecule has 1 heterocycles. The Labute approximate surface area is 159 Å². The molecule has 2 aliphatic rings. The molecule has 1 aliphatic carbocycles. The van der Waals surface area contributed by atoms with Crippen LogP contribution in [0.3, 0.4) is 0 Å². The number of ether oxygens (including phenoxy) is 1. The van der Waals surface area contributed by atoms with Crippen LogP contribution in [0.2, 0.25) is 0 Å². The SMILES string of the molecule is CN=C(NCC1CCCCC1C(F)(F)F)N(C)CC1CCOC1.I. The number of hydrogen-bond donors (Lipinski definition) is 1. The summed E-state index contributed by atoms with van der Waals surface area (Å²) in [7, 11) is 3.60. The number of rotatable bonds is 4. The van der Waals surface area contributed by atoms with E-state index in [2.05, 4.69) is 10.3 Å². The molecule has 0 spiro atoms. The first-order valence-electron chi connectivity index (χ1n) is 8.48. The average Bonchev–Trinajstić information content (AvgIpc) is 3.00. The van der Waals surface area contributed by atoms with Crippen LogP contribution in [-0.4, -0.2) is 57.4 Å². The summed E-state index contributed by atoms with van der Waals surface area (Å²) in [5.41, 5.74) is 0. The lowest BCUT2D eigenvalue weighted by Crippen LogP contribution is -2.46. The summed E-state index contributed by atoms with van der Waals surface area (Å²) in [4.78, 5) is 6.20. The molecule has 24 heavy (non-hydrogen) atoms. The minimum absolute atomic E-state index is 0. The van der Waals surface area contributed by atoms with Gasteiger partial charge in [-0.2, -0.15) is 13.2 Å². The van der Waals surface area contributed by atoms with Crippen LogP contribution < -0.4 is 5.32 Å². The number of aliphatic imine (C=N–C) groups is 1. The number of alkyl halides is 3. The topological polar surface area (TPSA) is 36.9 Å². The molecule has 1 N–H and O–H groups in total. The Kier molecular flexibility index (Phi) is 9.11. The summed E-state index contributed by atoms with van der Waals surface area (Å²) in [6.07, 6.45) is -0.620. The second-order valence-electron chi connectivity index (χ2n) is 6.73. The molecule has 8 heteroatoms. The minimum Gasteiger partial charge on any atom is -0.381 e. The predicted octanol–water partition coefficient (Wildman–Crippen LogP) is 3.52. The summed E-state index contributed by atoms with van der Waals surface area (Å²) < 4.78 is 44.8. The summed E-state index contributed by atoms with van der Waals surface area (Å²) in [5.74, 6) is -0.404. The summed E-state index contributed by atoms with van der Waals surface area (Å²) in [6.45, 7) is 2.69. The third kappa shape index (κ3) is 6.24. The van der Waals surface area contributed by atoms with Crippen molar-refractivity contribution < 1.29 is 17.9 Å². The summed E-state index contributed by atoms with van der Waals surface area (Å²) in [5, 5.41) is 3.15. The van der Waals surface area contributed by atoms with Gasteiger partial charge < -0.3 is 15.0 Å². The molecule has 1 saturated heterocycles. The van der Waals surface area contributed by atoms with E-state index in [1.165, 1.54) is 0 Å². The maximum absolute atomic E-state index is 13.1. The standard InChI is InChI=1S/C16H28F3N3O.HI/c1-20-15(22(2)10-12-7-8-23-11-12)21-9-13-5-3-4-6-14(13)16(17,18)19;/h12-14H,3-11H2,1-2H3,(H,20,21);1H. The number of nitrogens with zero attached hydrogens (tertiary/aromatic N) is 2.